The standard InChI is InChI=1S/C8H4BrClF2O/c9-3-6(13)4-1-2-5(11)8(12)7(4)10/h1-2H,3H2. The van der Waals surface area contributed by atoms with Crippen LogP contribution < -0.4 is 0 Å². The molecule has 13 heavy (non-hydrogen) atoms. The van der Waals surface area contributed by atoms with E-state index in [9.17, 15) is 13.6 Å². The van der Waals surface area contributed by atoms with Gasteiger partial charge < -0.3 is 0 Å². The molecule has 0 amide bonds. The maximum absolute atomic E-state index is 12.8. The van der Waals surface area contributed by atoms with Crippen molar-refractivity contribution in [3.63, 3.8) is 0 Å². The van der Waals surface area contributed by atoms with Crippen molar-refractivity contribution in [2.75, 3.05) is 5.33 Å². The van der Waals surface area contributed by atoms with Gasteiger partial charge in [0.15, 0.2) is 17.4 Å². The highest BCUT2D eigenvalue weighted by Gasteiger charge is 2.15. The second kappa shape index (κ2) is 4.15. The maximum Gasteiger partial charge on any atom is 0.178 e. The van der Waals surface area contributed by atoms with Crippen LogP contribution in [-0.4, -0.2) is 11.1 Å². The van der Waals surface area contributed by atoms with Gasteiger partial charge in [-0.1, -0.05) is 27.5 Å². The van der Waals surface area contributed by atoms with Gasteiger partial charge in [-0.2, -0.15) is 0 Å². The Morgan fingerprint density at radius 3 is 2.62 bits per heavy atom. The average Bonchev–Trinajstić information content (AvgIpc) is 2.13. The predicted molar refractivity (Wildman–Crippen MR) is 49.5 cm³/mol. The third kappa shape index (κ3) is 2.06. The summed E-state index contributed by atoms with van der Waals surface area (Å²) in [6.45, 7) is 0. The van der Waals surface area contributed by atoms with E-state index in [4.69, 9.17) is 11.6 Å². The molecule has 0 saturated heterocycles. The van der Waals surface area contributed by atoms with E-state index in [0.29, 0.717) is 0 Å². The van der Waals surface area contributed by atoms with E-state index in [1.54, 1.807) is 0 Å². The topological polar surface area (TPSA) is 17.1 Å². The van der Waals surface area contributed by atoms with Gasteiger partial charge >= 0.3 is 0 Å². The van der Waals surface area contributed by atoms with Crippen molar-refractivity contribution in [2.24, 2.45) is 0 Å². The van der Waals surface area contributed by atoms with Crippen molar-refractivity contribution in [1.29, 1.82) is 0 Å². The number of rotatable bonds is 2. The highest BCUT2D eigenvalue weighted by Crippen LogP contribution is 2.23. The fourth-order valence-corrected chi connectivity index (χ4v) is 1.37. The molecule has 0 unspecified atom stereocenters. The number of Topliss-reactive ketones (excluding diaryl/α,β-unsaturated/α-hetero) is 1. The van der Waals surface area contributed by atoms with E-state index in [0.717, 1.165) is 12.1 Å². The van der Waals surface area contributed by atoms with Crippen LogP contribution in [0.25, 0.3) is 0 Å². The van der Waals surface area contributed by atoms with Crippen molar-refractivity contribution >= 4 is 33.3 Å². The monoisotopic (exact) mass is 268 g/mol. The fourth-order valence-electron chi connectivity index (χ4n) is 0.813. The summed E-state index contributed by atoms with van der Waals surface area (Å²) in [5.41, 5.74) is -0.0163. The molecule has 0 radical (unpaired) electrons. The minimum atomic E-state index is -1.19. The van der Waals surface area contributed by atoms with E-state index < -0.39 is 16.7 Å². The van der Waals surface area contributed by atoms with E-state index >= 15 is 0 Å². The van der Waals surface area contributed by atoms with Crippen molar-refractivity contribution in [2.45, 2.75) is 0 Å². The summed E-state index contributed by atoms with van der Waals surface area (Å²) in [4.78, 5) is 11.1. The van der Waals surface area contributed by atoms with Crippen LogP contribution in [0.4, 0.5) is 8.78 Å². The zero-order chi connectivity index (χ0) is 10.0. The molecule has 70 valence electrons. The average molecular weight is 269 g/mol. The molecule has 1 aromatic rings. The fraction of sp³-hybridized carbons (Fsp3) is 0.125. The maximum atomic E-state index is 12.8. The number of ketones is 1. The second-order valence-corrected chi connectivity index (χ2v) is 3.22. The molecule has 1 aromatic carbocycles. The number of benzene rings is 1. The molecule has 5 heteroatoms. The zero-order valence-electron chi connectivity index (χ0n) is 6.28. The van der Waals surface area contributed by atoms with E-state index in [1.165, 1.54) is 0 Å². The Bertz CT molecular complexity index is 354. The summed E-state index contributed by atoms with van der Waals surface area (Å²) in [5, 5.41) is -0.443. The van der Waals surface area contributed by atoms with Crippen LogP contribution in [0.3, 0.4) is 0 Å². The zero-order valence-corrected chi connectivity index (χ0v) is 8.62. The lowest BCUT2D eigenvalue weighted by atomic mass is 10.1. The number of carbonyl (C=O) groups excluding carboxylic acids is 1. The van der Waals surface area contributed by atoms with E-state index in [1.807, 2.05) is 0 Å². The highest BCUT2D eigenvalue weighted by molar-refractivity contribution is 9.09. The van der Waals surface area contributed by atoms with Crippen LogP contribution in [0.1, 0.15) is 10.4 Å². The molecule has 0 bridgehead atoms. The Balaban J connectivity index is 3.26. The van der Waals surface area contributed by atoms with E-state index in [-0.39, 0.29) is 16.7 Å². The molecule has 0 aromatic heterocycles. The quantitative estimate of drug-likeness (QED) is 0.458. The van der Waals surface area contributed by atoms with Crippen molar-refractivity contribution in [3.8, 4) is 0 Å². The van der Waals surface area contributed by atoms with Crippen molar-refractivity contribution in [3.05, 3.63) is 34.4 Å². The smallest absolute Gasteiger partial charge is 0.178 e. The van der Waals surface area contributed by atoms with Crippen LogP contribution in [0.2, 0.25) is 5.02 Å². The molecule has 0 heterocycles. The van der Waals surface area contributed by atoms with Crippen LogP contribution in [0, 0.1) is 11.6 Å². The van der Waals surface area contributed by atoms with Crippen LogP contribution in [-0.2, 0) is 0 Å². The summed E-state index contributed by atoms with van der Waals surface area (Å²) in [6.07, 6.45) is 0. The normalized spacial score (nSPS) is 10.2. The van der Waals surface area contributed by atoms with Gasteiger partial charge in [0.25, 0.3) is 0 Å². The van der Waals surface area contributed by atoms with Gasteiger partial charge in [-0.3, -0.25) is 4.79 Å². The predicted octanol–water partition coefficient (Wildman–Crippen LogP) is 3.20. The summed E-state index contributed by atoms with van der Waals surface area (Å²) in [5.74, 6) is -2.63. The van der Waals surface area contributed by atoms with Crippen molar-refractivity contribution < 1.29 is 13.6 Å². The Hall–Kier alpha value is -0.480. The molecule has 0 atom stereocenters. The van der Waals surface area contributed by atoms with Gasteiger partial charge in [-0.15, -0.1) is 0 Å². The molecule has 1 nitrogen and oxygen atoms in total. The van der Waals surface area contributed by atoms with Crippen LogP contribution in [0.15, 0.2) is 12.1 Å². The number of hydrogen-bond donors (Lipinski definition) is 0. The number of halogens is 4. The Labute approximate surface area is 86.8 Å². The van der Waals surface area contributed by atoms with Gasteiger partial charge in [0.2, 0.25) is 0 Å². The SMILES string of the molecule is O=C(CBr)c1ccc(F)c(F)c1Cl. The molecular weight excluding hydrogens is 265 g/mol. The molecular formula is C8H4BrClF2O. The van der Waals surface area contributed by atoms with Gasteiger partial charge in [-0.05, 0) is 12.1 Å². The number of hydrogen-bond acceptors (Lipinski definition) is 1. The largest absolute Gasteiger partial charge is 0.293 e. The molecule has 0 saturated carbocycles. The first-order valence-electron chi connectivity index (χ1n) is 3.30. The molecule has 0 fully saturated rings. The third-order valence-corrected chi connectivity index (χ3v) is 2.34. The summed E-state index contributed by atoms with van der Waals surface area (Å²) >= 11 is 8.32. The molecule has 0 N–H and O–H groups in total. The van der Waals surface area contributed by atoms with Gasteiger partial charge in [0.05, 0.1) is 10.4 Å². The summed E-state index contributed by atoms with van der Waals surface area (Å²) in [6, 6.07) is 2.03. The lowest BCUT2D eigenvalue weighted by Gasteiger charge is -2.02. The minimum Gasteiger partial charge on any atom is -0.293 e. The number of carbonyl (C=O) groups is 1. The molecule has 0 aliphatic carbocycles. The van der Waals surface area contributed by atoms with Gasteiger partial charge in [0.1, 0.15) is 0 Å². The first kappa shape index (κ1) is 10.6. The Morgan fingerprint density at radius 2 is 2.08 bits per heavy atom. The third-order valence-electron chi connectivity index (χ3n) is 1.46. The Kier molecular flexibility index (Phi) is 3.39. The summed E-state index contributed by atoms with van der Waals surface area (Å²) in [7, 11) is 0. The van der Waals surface area contributed by atoms with Crippen LogP contribution >= 0.6 is 27.5 Å². The minimum absolute atomic E-state index is 0.0163. The number of alkyl halides is 1. The lowest BCUT2D eigenvalue weighted by Crippen LogP contribution is -2.03. The molecule has 0 aliphatic heterocycles. The van der Waals surface area contributed by atoms with Gasteiger partial charge in [-0.25, -0.2) is 8.78 Å². The molecule has 0 aliphatic rings. The first-order valence-corrected chi connectivity index (χ1v) is 4.80. The van der Waals surface area contributed by atoms with E-state index in [2.05, 4.69) is 15.9 Å². The van der Waals surface area contributed by atoms with Crippen molar-refractivity contribution in [1.82, 2.24) is 0 Å². The lowest BCUT2D eigenvalue weighted by molar-refractivity contribution is 0.102. The Morgan fingerprint density at radius 1 is 1.46 bits per heavy atom. The second-order valence-electron chi connectivity index (χ2n) is 2.28. The highest BCUT2D eigenvalue weighted by atomic mass is 79.9. The van der Waals surface area contributed by atoms with Gasteiger partial charge in [0, 0.05) is 5.56 Å². The molecule has 0 spiro atoms. The first-order chi connectivity index (χ1) is 6.07. The molecule has 1 rings (SSSR count). The van der Waals surface area contributed by atoms with Crippen LogP contribution in [0.5, 0.6) is 0 Å². The summed E-state index contributed by atoms with van der Waals surface area (Å²) < 4.78 is 25.4.